The van der Waals surface area contributed by atoms with Crippen LogP contribution in [0.1, 0.15) is 42.4 Å². The Hall–Kier alpha value is -3.54. The summed E-state index contributed by atoms with van der Waals surface area (Å²) in [5, 5.41) is 3.19. The van der Waals surface area contributed by atoms with Crippen LogP contribution in [0.4, 0.5) is 17.3 Å². The molecule has 0 aliphatic carbocycles. The fourth-order valence-electron chi connectivity index (χ4n) is 4.25. The smallest absolute Gasteiger partial charge is 0.252 e. The lowest BCUT2D eigenvalue weighted by Crippen LogP contribution is -2.44. The number of primary amides is 1. The number of hydrogen-bond acceptors (Lipinski definition) is 8. The number of nitrogens with one attached hydrogen (secondary N) is 2. The van der Waals surface area contributed by atoms with Gasteiger partial charge in [-0.25, -0.2) is 23.1 Å². The first kappa shape index (κ1) is 27.5. The second kappa shape index (κ2) is 11.1. The lowest BCUT2D eigenvalue weighted by atomic mass is 10.1. The molecular formula is C27H35N7O3S. The van der Waals surface area contributed by atoms with Crippen LogP contribution in [-0.2, 0) is 16.4 Å². The van der Waals surface area contributed by atoms with Crippen molar-refractivity contribution in [2.24, 2.45) is 5.73 Å². The van der Waals surface area contributed by atoms with Crippen molar-refractivity contribution in [3.8, 4) is 0 Å². The van der Waals surface area contributed by atoms with E-state index in [0.717, 1.165) is 37.6 Å². The van der Waals surface area contributed by atoms with Gasteiger partial charge in [0.1, 0.15) is 0 Å². The van der Waals surface area contributed by atoms with Gasteiger partial charge in [0.05, 0.1) is 16.2 Å². The summed E-state index contributed by atoms with van der Waals surface area (Å²) in [6.07, 6.45) is 1.60. The molecular weight excluding hydrogens is 502 g/mol. The van der Waals surface area contributed by atoms with Crippen molar-refractivity contribution in [2.45, 2.75) is 37.6 Å². The van der Waals surface area contributed by atoms with Gasteiger partial charge in [-0.05, 0) is 69.8 Å². The Kier molecular flexibility index (Phi) is 8.00. The minimum atomic E-state index is -3.72. The van der Waals surface area contributed by atoms with E-state index in [9.17, 15) is 13.2 Å². The van der Waals surface area contributed by atoms with Gasteiger partial charge in [0, 0.05) is 55.7 Å². The number of nitrogens with two attached hydrogens (primary N) is 1. The number of benzene rings is 2. The van der Waals surface area contributed by atoms with Crippen LogP contribution in [0.5, 0.6) is 0 Å². The van der Waals surface area contributed by atoms with Crippen LogP contribution in [-0.4, -0.2) is 68.0 Å². The predicted octanol–water partition coefficient (Wildman–Crippen LogP) is 2.74. The van der Waals surface area contributed by atoms with Crippen molar-refractivity contribution in [1.82, 2.24) is 19.6 Å². The molecule has 202 valence electrons. The fraction of sp³-hybridized carbons (Fsp3) is 0.370. The number of carbonyl (C=O) groups is 1. The summed E-state index contributed by atoms with van der Waals surface area (Å²) in [7, 11) is -1.59. The van der Waals surface area contributed by atoms with Crippen LogP contribution in [0.2, 0.25) is 0 Å². The lowest BCUT2D eigenvalue weighted by molar-refractivity contribution is 0.0998. The minimum absolute atomic E-state index is 0.137. The molecule has 38 heavy (non-hydrogen) atoms. The molecule has 4 N–H and O–H groups in total. The summed E-state index contributed by atoms with van der Waals surface area (Å²) in [6.45, 7) is 9.38. The number of rotatable bonds is 8. The van der Waals surface area contributed by atoms with Crippen LogP contribution >= 0.6 is 0 Å². The van der Waals surface area contributed by atoms with E-state index in [0.29, 0.717) is 17.2 Å². The van der Waals surface area contributed by atoms with Crippen molar-refractivity contribution in [1.29, 1.82) is 0 Å². The molecule has 0 radical (unpaired) electrons. The molecule has 2 aromatic carbocycles. The zero-order chi connectivity index (χ0) is 27.5. The third-order valence-electron chi connectivity index (χ3n) is 6.15. The van der Waals surface area contributed by atoms with Gasteiger partial charge in [-0.1, -0.05) is 12.1 Å². The maximum Gasteiger partial charge on any atom is 0.252 e. The number of aromatic nitrogens is 2. The molecule has 1 amide bonds. The Morgan fingerprint density at radius 3 is 2.37 bits per heavy atom. The largest absolute Gasteiger partial charge is 0.369 e. The molecule has 3 aromatic rings. The van der Waals surface area contributed by atoms with Crippen molar-refractivity contribution < 1.29 is 13.2 Å². The summed E-state index contributed by atoms with van der Waals surface area (Å²) < 4.78 is 28.2. The molecule has 1 aliphatic heterocycles. The number of hydrogen-bond donors (Lipinski definition) is 3. The second-order valence-corrected chi connectivity index (χ2v) is 12.2. The zero-order valence-electron chi connectivity index (χ0n) is 22.2. The number of sulfonamides is 1. The number of anilines is 3. The third kappa shape index (κ3) is 7.06. The number of nitrogens with zero attached hydrogens (tertiary/aromatic N) is 4. The standard InChI is InChI=1S/C27H35N7O3S/c1-27(2,3)32-38(36,37)22-7-5-6-19(16-22)17-24-23(25(28)35)18-29-26(31-24)30-20-8-10-21(11-9-20)34-14-12-33(4)13-15-34/h5-11,16,18,32H,12-15,17H2,1-4H3,(H2,28,35)(H,29,30,31). The normalized spacial score (nSPS) is 14.9. The molecule has 1 aliphatic rings. The van der Waals surface area contributed by atoms with Crippen LogP contribution in [0, 0.1) is 0 Å². The van der Waals surface area contributed by atoms with E-state index in [-0.39, 0.29) is 16.9 Å². The average Bonchev–Trinajstić information content (AvgIpc) is 2.84. The maximum absolute atomic E-state index is 12.8. The van der Waals surface area contributed by atoms with Crippen LogP contribution in [0.25, 0.3) is 0 Å². The van der Waals surface area contributed by atoms with Crippen molar-refractivity contribution in [2.75, 3.05) is 43.4 Å². The molecule has 1 fully saturated rings. The molecule has 1 saturated heterocycles. The summed E-state index contributed by atoms with van der Waals surface area (Å²) in [5.41, 5.74) is 8.19. The monoisotopic (exact) mass is 537 g/mol. The van der Waals surface area contributed by atoms with Gasteiger partial charge in [0.2, 0.25) is 16.0 Å². The van der Waals surface area contributed by atoms with Gasteiger partial charge in [0.15, 0.2) is 0 Å². The number of piperazine rings is 1. The molecule has 0 saturated carbocycles. The van der Waals surface area contributed by atoms with Gasteiger partial charge in [-0.15, -0.1) is 0 Å². The summed E-state index contributed by atoms with van der Waals surface area (Å²) >= 11 is 0. The van der Waals surface area contributed by atoms with E-state index >= 15 is 0 Å². The first-order chi connectivity index (χ1) is 17.9. The molecule has 10 nitrogen and oxygen atoms in total. The van der Waals surface area contributed by atoms with E-state index in [1.54, 1.807) is 39.0 Å². The third-order valence-corrected chi connectivity index (χ3v) is 7.90. The Morgan fingerprint density at radius 2 is 1.74 bits per heavy atom. The van der Waals surface area contributed by atoms with Gasteiger partial charge >= 0.3 is 0 Å². The first-order valence-corrected chi connectivity index (χ1v) is 14.0. The molecule has 0 unspecified atom stereocenters. The molecule has 1 aromatic heterocycles. The van der Waals surface area contributed by atoms with Gasteiger partial charge < -0.3 is 20.9 Å². The highest BCUT2D eigenvalue weighted by atomic mass is 32.2. The second-order valence-electron chi connectivity index (χ2n) is 10.6. The Labute approximate surface area is 224 Å². The minimum Gasteiger partial charge on any atom is -0.369 e. The van der Waals surface area contributed by atoms with E-state index in [1.165, 1.54) is 12.3 Å². The van der Waals surface area contributed by atoms with Crippen molar-refractivity contribution in [3.05, 3.63) is 71.5 Å². The predicted molar refractivity (Wildman–Crippen MR) is 149 cm³/mol. The number of carbonyl (C=O) groups excluding carboxylic acids is 1. The highest BCUT2D eigenvalue weighted by molar-refractivity contribution is 7.89. The SMILES string of the molecule is CN1CCN(c2ccc(Nc3ncc(C(N)=O)c(Cc4cccc(S(=O)(=O)NC(C)(C)C)c4)n3)cc2)CC1. The Morgan fingerprint density at radius 1 is 1.05 bits per heavy atom. The van der Waals surface area contributed by atoms with Gasteiger partial charge in [-0.2, -0.15) is 0 Å². The van der Waals surface area contributed by atoms with E-state index < -0.39 is 21.5 Å². The Balaban J connectivity index is 1.53. The lowest BCUT2D eigenvalue weighted by Gasteiger charge is -2.34. The molecule has 0 bridgehead atoms. The summed E-state index contributed by atoms with van der Waals surface area (Å²) in [6, 6.07) is 14.6. The van der Waals surface area contributed by atoms with E-state index in [4.69, 9.17) is 5.73 Å². The van der Waals surface area contributed by atoms with Gasteiger partial charge in [0.25, 0.3) is 5.91 Å². The zero-order valence-corrected chi connectivity index (χ0v) is 23.0. The quantitative estimate of drug-likeness (QED) is 0.399. The first-order valence-electron chi connectivity index (χ1n) is 12.5. The highest BCUT2D eigenvalue weighted by Gasteiger charge is 2.22. The molecule has 4 rings (SSSR count). The van der Waals surface area contributed by atoms with Crippen LogP contribution < -0.4 is 20.7 Å². The van der Waals surface area contributed by atoms with E-state index in [1.807, 2.05) is 12.1 Å². The molecule has 0 spiro atoms. The fourth-order valence-corrected chi connectivity index (χ4v) is 5.73. The highest BCUT2D eigenvalue weighted by Crippen LogP contribution is 2.23. The number of amides is 1. The topological polar surface area (TPSA) is 134 Å². The molecule has 0 atom stereocenters. The number of likely N-dealkylation sites (N-methyl/N-ethyl adjacent to an activating group) is 1. The van der Waals surface area contributed by atoms with Gasteiger partial charge in [-0.3, -0.25) is 4.79 Å². The molecule has 11 heteroatoms. The Bertz CT molecular complexity index is 1390. The van der Waals surface area contributed by atoms with Crippen LogP contribution in [0.3, 0.4) is 0 Å². The molecule has 2 heterocycles. The summed E-state index contributed by atoms with van der Waals surface area (Å²) in [5.74, 6) is -0.336. The van der Waals surface area contributed by atoms with Crippen molar-refractivity contribution in [3.63, 3.8) is 0 Å². The van der Waals surface area contributed by atoms with E-state index in [2.05, 4.69) is 49.0 Å². The summed E-state index contributed by atoms with van der Waals surface area (Å²) in [4.78, 5) is 25.7. The maximum atomic E-state index is 12.8. The van der Waals surface area contributed by atoms with Crippen LogP contribution in [0.15, 0.2) is 59.6 Å². The van der Waals surface area contributed by atoms with Crippen molar-refractivity contribution >= 4 is 33.3 Å². The average molecular weight is 538 g/mol.